The molecule has 3 heterocycles. The first-order chi connectivity index (χ1) is 16.2. The summed E-state index contributed by atoms with van der Waals surface area (Å²) in [5.74, 6) is -0.373. The van der Waals surface area contributed by atoms with Crippen molar-refractivity contribution in [1.82, 2.24) is 14.8 Å². The van der Waals surface area contributed by atoms with E-state index < -0.39 is 11.7 Å². The maximum atomic E-state index is 13.5. The Hall–Kier alpha value is -2.72. The number of alkyl halides is 3. The molecular weight excluding hydrogens is 448 g/mol. The molecule has 0 saturated carbocycles. The average molecular weight is 475 g/mol. The zero-order valence-corrected chi connectivity index (χ0v) is 18.6. The van der Waals surface area contributed by atoms with Gasteiger partial charge in [0.05, 0.1) is 30.7 Å². The van der Waals surface area contributed by atoms with Crippen LogP contribution in [-0.2, 0) is 6.18 Å². The summed E-state index contributed by atoms with van der Waals surface area (Å²) in [5.41, 5.74) is 2.35. The predicted octanol–water partition coefficient (Wildman–Crippen LogP) is 4.75. The van der Waals surface area contributed by atoms with E-state index in [0.29, 0.717) is 55.9 Å². The monoisotopic (exact) mass is 474 g/mol. The predicted molar refractivity (Wildman–Crippen MR) is 124 cm³/mol. The molecule has 1 saturated heterocycles. The molecule has 34 heavy (non-hydrogen) atoms. The topological polar surface area (TPSA) is 43.3 Å². The third-order valence-electron chi connectivity index (χ3n) is 6.80. The SMILES string of the molecule is [O-][N+]1(CCN2CC=C(c3cn(-c4ccc(F)cc4)c4ccc(C(F)(F)F)cc34)CC2)CCNC1. The van der Waals surface area contributed by atoms with E-state index in [1.165, 1.54) is 24.3 Å². The van der Waals surface area contributed by atoms with E-state index in [1.54, 1.807) is 12.1 Å². The van der Waals surface area contributed by atoms with Gasteiger partial charge in [-0.15, -0.1) is 0 Å². The van der Waals surface area contributed by atoms with Gasteiger partial charge < -0.3 is 14.4 Å². The summed E-state index contributed by atoms with van der Waals surface area (Å²) in [4.78, 5) is 2.21. The Morgan fingerprint density at radius 3 is 2.53 bits per heavy atom. The van der Waals surface area contributed by atoms with Crippen LogP contribution in [0.15, 0.2) is 54.7 Å². The fraction of sp³-hybridized carbons (Fsp3) is 0.360. The fourth-order valence-corrected chi connectivity index (χ4v) is 4.80. The summed E-state index contributed by atoms with van der Waals surface area (Å²) in [5, 5.41) is 16.2. The number of hydroxylamine groups is 3. The van der Waals surface area contributed by atoms with E-state index in [9.17, 15) is 22.8 Å². The minimum Gasteiger partial charge on any atom is -0.632 e. The molecule has 2 aliphatic rings. The second kappa shape index (κ2) is 8.81. The van der Waals surface area contributed by atoms with Crippen molar-refractivity contribution in [3.05, 3.63) is 76.9 Å². The van der Waals surface area contributed by atoms with Crippen molar-refractivity contribution in [2.24, 2.45) is 0 Å². The molecule has 2 aliphatic heterocycles. The summed E-state index contributed by atoms with van der Waals surface area (Å²) >= 11 is 0. The van der Waals surface area contributed by atoms with E-state index in [1.807, 2.05) is 16.8 Å². The van der Waals surface area contributed by atoms with Crippen LogP contribution >= 0.6 is 0 Å². The fourth-order valence-electron chi connectivity index (χ4n) is 4.80. The lowest BCUT2D eigenvalue weighted by Crippen LogP contribution is -2.46. The van der Waals surface area contributed by atoms with Crippen molar-refractivity contribution in [3.8, 4) is 5.69 Å². The van der Waals surface area contributed by atoms with E-state index >= 15 is 0 Å². The summed E-state index contributed by atoms with van der Waals surface area (Å²) in [6.07, 6.45) is 0.122. The second-order valence-electron chi connectivity index (χ2n) is 9.06. The third kappa shape index (κ3) is 4.61. The molecule has 9 heteroatoms. The van der Waals surface area contributed by atoms with Gasteiger partial charge in [0.25, 0.3) is 0 Å². The van der Waals surface area contributed by atoms with Crippen LogP contribution in [0, 0.1) is 11.0 Å². The zero-order chi connectivity index (χ0) is 23.9. The van der Waals surface area contributed by atoms with Crippen LogP contribution in [0.1, 0.15) is 17.5 Å². The van der Waals surface area contributed by atoms with Gasteiger partial charge in [0.15, 0.2) is 0 Å². The molecule has 5 nitrogen and oxygen atoms in total. The molecule has 0 amide bonds. The van der Waals surface area contributed by atoms with Crippen molar-refractivity contribution < 1.29 is 22.2 Å². The average Bonchev–Trinajstić information content (AvgIpc) is 3.42. The first-order valence-electron chi connectivity index (χ1n) is 11.4. The number of halogens is 4. The molecule has 180 valence electrons. The number of benzene rings is 2. The number of quaternary nitrogens is 1. The van der Waals surface area contributed by atoms with E-state index in [0.717, 1.165) is 30.3 Å². The molecule has 2 aromatic carbocycles. The molecule has 1 N–H and O–H groups in total. The number of nitrogens with zero attached hydrogens (tertiary/aromatic N) is 3. The van der Waals surface area contributed by atoms with Crippen LogP contribution in [0.5, 0.6) is 0 Å². The Bertz CT molecular complexity index is 1210. The summed E-state index contributed by atoms with van der Waals surface area (Å²) in [7, 11) is 0. The molecule has 5 rings (SSSR count). The quantitative estimate of drug-likeness (QED) is 0.330. The van der Waals surface area contributed by atoms with Crippen molar-refractivity contribution in [2.75, 3.05) is 45.9 Å². The number of aromatic nitrogens is 1. The van der Waals surface area contributed by atoms with Crippen LogP contribution in [0.4, 0.5) is 17.6 Å². The first kappa shape index (κ1) is 23.0. The van der Waals surface area contributed by atoms with Gasteiger partial charge in [-0.3, -0.25) is 10.2 Å². The highest BCUT2D eigenvalue weighted by molar-refractivity contribution is 5.95. The lowest BCUT2D eigenvalue weighted by atomic mass is 9.98. The summed E-state index contributed by atoms with van der Waals surface area (Å²) in [6.45, 7) is 4.36. The van der Waals surface area contributed by atoms with Gasteiger partial charge in [0.2, 0.25) is 0 Å². The van der Waals surface area contributed by atoms with Crippen molar-refractivity contribution in [3.63, 3.8) is 0 Å². The molecule has 3 aromatic rings. The zero-order valence-electron chi connectivity index (χ0n) is 18.6. The van der Waals surface area contributed by atoms with Crippen molar-refractivity contribution in [2.45, 2.75) is 12.6 Å². The number of rotatable bonds is 5. The molecule has 1 atom stereocenters. The molecule has 0 radical (unpaired) electrons. The van der Waals surface area contributed by atoms with Crippen molar-refractivity contribution >= 4 is 16.5 Å². The molecule has 1 unspecified atom stereocenters. The number of hydrogen-bond donors (Lipinski definition) is 1. The smallest absolute Gasteiger partial charge is 0.416 e. The Balaban J connectivity index is 1.46. The van der Waals surface area contributed by atoms with Crippen LogP contribution in [0.3, 0.4) is 0 Å². The standard InChI is InChI=1S/C25H26F4N4O/c26-20-2-4-21(5-3-20)32-16-23(22-15-19(25(27,28)29)1-6-24(22)32)18-7-10-31(11-8-18)12-14-33(34)13-9-30-17-33/h1-7,15-16,30H,8-14,17H2. The lowest BCUT2D eigenvalue weighted by Gasteiger charge is -2.39. The van der Waals surface area contributed by atoms with Crippen LogP contribution in [0.25, 0.3) is 22.2 Å². The van der Waals surface area contributed by atoms with E-state index in [-0.39, 0.29) is 10.5 Å². The van der Waals surface area contributed by atoms with Gasteiger partial charge in [-0.1, -0.05) is 6.08 Å². The Kier molecular flexibility index (Phi) is 5.97. The Labute approximate surface area is 195 Å². The number of hydrogen-bond acceptors (Lipinski definition) is 3. The minimum absolute atomic E-state index is 0.224. The maximum absolute atomic E-state index is 13.5. The van der Waals surface area contributed by atoms with Gasteiger partial charge in [-0.05, 0) is 54.5 Å². The van der Waals surface area contributed by atoms with E-state index in [4.69, 9.17) is 0 Å². The highest BCUT2D eigenvalue weighted by atomic mass is 19.4. The first-order valence-corrected chi connectivity index (χ1v) is 11.4. The maximum Gasteiger partial charge on any atom is 0.416 e. The van der Waals surface area contributed by atoms with Gasteiger partial charge in [0, 0.05) is 42.5 Å². The van der Waals surface area contributed by atoms with Crippen LogP contribution in [0.2, 0.25) is 0 Å². The molecule has 0 spiro atoms. The van der Waals surface area contributed by atoms with Gasteiger partial charge in [-0.2, -0.15) is 13.2 Å². The van der Waals surface area contributed by atoms with Gasteiger partial charge in [0.1, 0.15) is 12.5 Å². The minimum atomic E-state index is -4.44. The van der Waals surface area contributed by atoms with Gasteiger partial charge in [-0.25, -0.2) is 4.39 Å². The molecule has 1 fully saturated rings. The highest BCUT2D eigenvalue weighted by Crippen LogP contribution is 2.37. The number of fused-ring (bicyclic) bond motifs is 1. The third-order valence-corrected chi connectivity index (χ3v) is 6.80. The molecule has 0 bridgehead atoms. The van der Waals surface area contributed by atoms with Crippen LogP contribution in [-0.4, -0.2) is 60.1 Å². The van der Waals surface area contributed by atoms with Gasteiger partial charge >= 0.3 is 6.18 Å². The Morgan fingerprint density at radius 1 is 1.09 bits per heavy atom. The molecular formula is C25H26F4N4O. The molecule has 0 aliphatic carbocycles. The normalized spacial score (nSPS) is 21.9. The highest BCUT2D eigenvalue weighted by Gasteiger charge is 2.31. The second-order valence-corrected chi connectivity index (χ2v) is 9.06. The van der Waals surface area contributed by atoms with Crippen molar-refractivity contribution in [1.29, 1.82) is 0 Å². The number of nitrogens with one attached hydrogen (secondary N) is 1. The van der Waals surface area contributed by atoms with E-state index in [2.05, 4.69) is 10.2 Å². The van der Waals surface area contributed by atoms with Crippen LogP contribution < -0.4 is 5.32 Å². The summed E-state index contributed by atoms with van der Waals surface area (Å²) < 4.78 is 55.4. The summed E-state index contributed by atoms with van der Waals surface area (Å²) in [6, 6.07) is 9.65. The molecule has 1 aromatic heterocycles. The Morgan fingerprint density at radius 2 is 1.88 bits per heavy atom. The lowest BCUT2D eigenvalue weighted by molar-refractivity contribution is -0.868. The largest absolute Gasteiger partial charge is 0.632 e.